The van der Waals surface area contributed by atoms with Crippen molar-refractivity contribution in [1.82, 2.24) is 19.9 Å². The van der Waals surface area contributed by atoms with E-state index < -0.39 is 23.3 Å². The minimum atomic E-state index is -0.926. The van der Waals surface area contributed by atoms with Crippen molar-refractivity contribution in [2.24, 2.45) is 0 Å². The number of nitrogens with one attached hydrogen (secondary N) is 1. The van der Waals surface area contributed by atoms with E-state index in [4.69, 9.17) is 11.2 Å². The fourth-order valence-electron chi connectivity index (χ4n) is 6.15. The molecule has 0 saturated carbocycles. The summed E-state index contributed by atoms with van der Waals surface area (Å²) >= 11 is 0. The fraction of sp³-hybridized carbons (Fsp3) is 0.300. The van der Waals surface area contributed by atoms with Crippen LogP contribution in [-0.4, -0.2) is 63.4 Å². The second-order valence-corrected chi connectivity index (χ2v) is 10.2. The van der Waals surface area contributed by atoms with E-state index in [1.165, 1.54) is 30.3 Å². The molecule has 0 spiro atoms. The lowest BCUT2D eigenvalue weighted by molar-refractivity contribution is 0.107. The van der Waals surface area contributed by atoms with Crippen LogP contribution in [0.25, 0.3) is 39.0 Å². The lowest BCUT2D eigenvalue weighted by atomic mass is 9.95. The molecule has 0 unspecified atom stereocenters. The van der Waals surface area contributed by atoms with E-state index in [0.717, 1.165) is 19.4 Å². The van der Waals surface area contributed by atoms with Gasteiger partial charge in [-0.15, -0.1) is 6.42 Å². The van der Waals surface area contributed by atoms with Gasteiger partial charge in [-0.2, -0.15) is 9.97 Å². The maximum Gasteiger partial charge on any atom is 0.319 e. The van der Waals surface area contributed by atoms with Gasteiger partial charge in [0.2, 0.25) is 0 Å². The SMILES string of the molecule is C#Cc1c(F)ccc2cc(O)cc(-c3nc(C=C)c4c(NC)nc(OC[C@@]56CCCN5C[C@H](F)C6)nc4c3F)c12. The average Bonchev–Trinajstić information content (AvgIpc) is 3.47. The molecule has 2 fully saturated rings. The number of aromatic hydroxyl groups is 1. The molecule has 40 heavy (non-hydrogen) atoms. The van der Waals surface area contributed by atoms with Gasteiger partial charge in [0.25, 0.3) is 0 Å². The highest BCUT2D eigenvalue weighted by Gasteiger charge is 2.49. The molecule has 2 aromatic carbocycles. The van der Waals surface area contributed by atoms with Gasteiger partial charge in [0.05, 0.1) is 22.2 Å². The van der Waals surface area contributed by atoms with Crippen molar-refractivity contribution < 1.29 is 23.0 Å². The quantitative estimate of drug-likeness (QED) is 0.312. The van der Waals surface area contributed by atoms with Crippen molar-refractivity contribution in [3.8, 4) is 35.4 Å². The van der Waals surface area contributed by atoms with Crippen LogP contribution in [0, 0.1) is 24.0 Å². The number of hydrogen-bond acceptors (Lipinski definition) is 7. The fourth-order valence-corrected chi connectivity index (χ4v) is 6.15. The molecule has 0 amide bonds. The van der Waals surface area contributed by atoms with E-state index in [-0.39, 0.29) is 63.0 Å². The Morgan fingerprint density at radius 1 is 1.27 bits per heavy atom. The molecule has 2 atom stereocenters. The minimum Gasteiger partial charge on any atom is -0.508 e. The molecule has 2 aromatic heterocycles. The van der Waals surface area contributed by atoms with Crippen molar-refractivity contribution in [3.63, 3.8) is 0 Å². The molecule has 2 N–H and O–H groups in total. The molecule has 2 saturated heterocycles. The lowest BCUT2D eigenvalue weighted by Gasteiger charge is -2.30. The molecule has 0 bridgehead atoms. The summed E-state index contributed by atoms with van der Waals surface area (Å²) in [6, 6.07) is 5.26. The molecule has 4 aromatic rings. The maximum atomic E-state index is 16.4. The number of benzene rings is 2. The molecular formula is C30H26F3N5O2. The molecule has 4 heterocycles. The summed E-state index contributed by atoms with van der Waals surface area (Å²) in [5, 5.41) is 14.3. The number of hydrogen-bond donors (Lipinski definition) is 2. The highest BCUT2D eigenvalue weighted by Crippen LogP contribution is 2.42. The number of phenols is 1. The number of pyridine rings is 1. The smallest absolute Gasteiger partial charge is 0.319 e. The molecular weight excluding hydrogens is 519 g/mol. The van der Waals surface area contributed by atoms with Crippen LogP contribution < -0.4 is 10.1 Å². The zero-order valence-corrected chi connectivity index (χ0v) is 21.8. The van der Waals surface area contributed by atoms with Gasteiger partial charge in [0.1, 0.15) is 41.4 Å². The Morgan fingerprint density at radius 3 is 2.85 bits per heavy atom. The summed E-state index contributed by atoms with van der Waals surface area (Å²) in [5.41, 5.74) is -0.484. The maximum absolute atomic E-state index is 16.4. The second-order valence-electron chi connectivity index (χ2n) is 10.2. The van der Waals surface area contributed by atoms with Gasteiger partial charge < -0.3 is 15.2 Å². The van der Waals surface area contributed by atoms with Crippen LogP contribution in [0.5, 0.6) is 11.8 Å². The van der Waals surface area contributed by atoms with Crippen molar-refractivity contribution >= 4 is 33.6 Å². The summed E-state index contributed by atoms with van der Waals surface area (Å²) in [6.45, 7) is 5.15. The molecule has 0 radical (unpaired) electrons. The third kappa shape index (κ3) is 4.00. The monoisotopic (exact) mass is 545 g/mol. The zero-order valence-electron chi connectivity index (χ0n) is 21.8. The second kappa shape index (κ2) is 9.68. The van der Waals surface area contributed by atoms with Crippen LogP contribution >= 0.6 is 0 Å². The number of halogens is 3. The summed E-state index contributed by atoms with van der Waals surface area (Å²) < 4.78 is 51.4. The number of phenolic OH excluding ortho intramolecular Hbond substituents is 1. The Balaban J connectivity index is 1.54. The average molecular weight is 546 g/mol. The van der Waals surface area contributed by atoms with Gasteiger partial charge in [0, 0.05) is 31.0 Å². The lowest BCUT2D eigenvalue weighted by Crippen LogP contribution is -2.43. The van der Waals surface area contributed by atoms with Gasteiger partial charge in [-0.1, -0.05) is 18.6 Å². The Hall–Kier alpha value is -4.36. The Morgan fingerprint density at radius 2 is 2.10 bits per heavy atom. The minimum absolute atomic E-state index is 0.0810. The highest BCUT2D eigenvalue weighted by molar-refractivity contribution is 6.04. The topological polar surface area (TPSA) is 83.4 Å². The molecule has 7 nitrogen and oxygen atoms in total. The number of aromatic nitrogens is 3. The number of rotatable bonds is 6. The van der Waals surface area contributed by atoms with Crippen molar-refractivity contribution in [2.45, 2.75) is 31.0 Å². The largest absolute Gasteiger partial charge is 0.508 e. The van der Waals surface area contributed by atoms with Crippen LogP contribution in [0.1, 0.15) is 30.5 Å². The Bertz CT molecular complexity index is 1740. The van der Waals surface area contributed by atoms with Crippen molar-refractivity contribution in [3.05, 3.63) is 53.7 Å². The molecule has 2 aliphatic heterocycles. The van der Waals surface area contributed by atoms with E-state index in [9.17, 15) is 13.9 Å². The summed E-state index contributed by atoms with van der Waals surface area (Å²) in [4.78, 5) is 15.4. The first-order chi connectivity index (χ1) is 19.3. The number of nitrogens with zero attached hydrogens (tertiary/aromatic N) is 4. The van der Waals surface area contributed by atoms with E-state index in [1.807, 2.05) is 0 Å². The molecule has 2 aliphatic rings. The summed E-state index contributed by atoms with van der Waals surface area (Å²) in [6.07, 6.45) is 8.22. The van der Waals surface area contributed by atoms with Crippen molar-refractivity contribution in [1.29, 1.82) is 0 Å². The summed E-state index contributed by atoms with van der Waals surface area (Å²) in [7, 11) is 1.62. The van der Waals surface area contributed by atoms with Crippen LogP contribution in [-0.2, 0) is 0 Å². The highest BCUT2D eigenvalue weighted by atomic mass is 19.1. The predicted octanol–water partition coefficient (Wildman–Crippen LogP) is 5.45. The number of terminal acetylenes is 1. The number of anilines is 1. The Kier molecular flexibility index (Phi) is 6.27. The van der Waals surface area contributed by atoms with Gasteiger partial charge in [-0.25, -0.2) is 18.2 Å². The van der Waals surface area contributed by atoms with Crippen LogP contribution in [0.15, 0.2) is 30.8 Å². The number of ether oxygens (including phenoxy) is 1. The van der Waals surface area contributed by atoms with E-state index >= 15 is 4.39 Å². The standard InChI is InChI=1S/C30H26F3N5O2/c1-4-19-21(32)8-7-16-11-18(39)12-20(23(16)19)26-25(33)27-24(22(5-2)35-26)28(34-3)37-29(36-27)40-15-30-9-6-10-38(30)14-17(31)13-30/h1,5,7-8,11-12,17,39H,2,6,9-10,13-15H2,3H3,(H,34,36,37)/t17-,30+/m1/s1. The van der Waals surface area contributed by atoms with Crippen LogP contribution in [0.3, 0.4) is 0 Å². The van der Waals surface area contributed by atoms with E-state index in [0.29, 0.717) is 18.4 Å². The van der Waals surface area contributed by atoms with E-state index in [2.05, 4.69) is 37.7 Å². The molecule has 204 valence electrons. The molecule has 6 rings (SSSR count). The molecule has 0 aliphatic carbocycles. The van der Waals surface area contributed by atoms with E-state index in [1.54, 1.807) is 7.05 Å². The predicted molar refractivity (Wildman–Crippen MR) is 148 cm³/mol. The zero-order chi connectivity index (χ0) is 28.2. The van der Waals surface area contributed by atoms with Crippen LogP contribution in [0.2, 0.25) is 0 Å². The first-order valence-electron chi connectivity index (χ1n) is 12.9. The van der Waals surface area contributed by atoms with Gasteiger partial charge in [-0.3, -0.25) is 4.90 Å². The Labute approximate surface area is 228 Å². The van der Waals surface area contributed by atoms with Crippen molar-refractivity contribution in [2.75, 3.05) is 32.1 Å². The van der Waals surface area contributed by atoms with Gasteiger partial charge in [0.15, 0.2) is 5.82 Å². The number of fused-ring (bicyclic) bond motifs is 3. The van der Waals surface area contributed by atoms with Gasteiger partial charge in [-0.05, 0) is 49.0 Å². The third-order valence-corrected chi connectivity index (χ3v) is 7.90. The first kappa shape index (κ1) is 25.9. The van der Waals surface area contributed by atoms with Gasteiger partial charge >= 0.3 is 6.01 Å². The first-order valence-corrected chi connectivity index (χ1v) is 12.9. The van der Waals surface area contributed by atoms with Crippen LogP contribution in [0.4, 0.5) is 19.0 Å². The number of alkyl halides is 1. The summed E-state index contributed by atoms with van der Waals surface area (Å²) in [5.74, 6) is 0.917. The molecule has 10 heteroatoms. The third-order valence-electron chi connectivity index (χ3n) is 7.90. The normalized spacial score (nSPS) is 20.5.